The maximum Gasteiger partial charge on any atom is 0.314 e. The van der Waals surface area contributed by atoms with E-state index in [1.54, 1.807) is 0 Å². The van der Waals surface area contributed by atoms with Crippen LogP contribution in [0.5, 0.6) is 0 Å². The topological polar surface area (TPSA) is 78.4 Å². The van der Waals surface area contributed by atoms with Crippen LogP contribution in [0.4, 0.5) is 4.79 Å². The van der Waals surface area contributed by atoms with E-state index in [4.69, 9.17) is 0 Å². The second-order valence-electron chi connectivity index (χ2n) is 6.38. The van der Waals surface area contributed by atoms with Gasteiger partial charge in [-0.05, 0) is 31.1 Å². The molecule has 0 aromatic rings. The number of nitrogens with one attached hydrogen (secondary N) is 2. The Labute approximate surface area is 127 Å². The molecule has 0 bridgehead atoms. The van der Waals surface area contributed by atoms with Crippen LogP contribution in [0, 0.1) is 17.3 Å². The zero-order valence-corrected chi connectivity index (χ0v) is 13.6. The summed E-state index contributed by atoms with van der Waals surface area (Å²) in [6.07, 6.45) is 5.97. The van der Waals surface area contributed by atoms with E-state index in [2.05, 4.69) is 17.6 Å². The van der Waals surface area contributed by atoms with E-state index in [9.17, 15) is 14.7 Å². The van der Waals surface area contributed by atoms with Crippen molar-refractivity contribution in [2.75, 3.05) is 13.1 Å². The third-order valence-corrected chi connectivity index (χ3v) is 5.21. The molecule has 1 rings (SSSR count). The van der Waals surface area contributed by atoms with E-state index in [-0.39, 0.29) is 12.6 Å². The van der Waals surface area contributed by atoms with Crippen molar-refractivity contribution in [2.24, 2.45) is 17.3 Å². The molecule has 1 aliphatic carbocycles. The third-order valence-electron chi connectivity index (χ3n) is 5.21. The van der Waals surface area contributed by atoms with Gasteiger partial charge >= 0.3 is 12.0 Å². The summed E-state index contributed by atoms with van der Waals surface area (Å²) in [4.78, 5) is 23.3. The summed E-state index contributed by atoms with van der Waals surface area (Å²) in [5, 5.41) is 15.0. The summed E-state index contributed by atoms with van der Waals surface area (Å²) in [7, 11) is 0. The quantitative estimate of drug-likeness (QED) is 0.676. The highest BCUT2D eigenvalue weighted by Crippen LogP contribution is 2.29. The van der Waals surface area contributed by atoms with Gasteiger partial charge in [0, 0.05) is 13.1 Å². The lowest BCUT2D eigenvalue weighted by atomic mass is 9.80. The summed E-state index contributed by atoms with van der Waals surface area (Å²) < 4.78 is 0. The smallest absolute Gasteiger partial charge is 0.314 e. The summed E-state index contributed by atoms with van der Waals surface area (Å²) in [5.41, 5.74) is -0.852. The van der Waals surface area contributed by atoms with E-state index >= 15 is 0 Å². The van der Waals surface area contributed by atoms with Gasteiger partial charge in [-0.25, -0.2) is 4.79 Å². The van der Waals surface area contributed by atoms with Crippen molar-refractivity contribution in [1.29, 1.82) is 0 Å². The molecule has 3 N–H and O–H groups in total. The average Bonchev–Trinajstić information content (AvgIpc) is 2.47. The minimum absolute atomic E-state index is 0.182. The van der Waals surface area contributed by atoms with Crippen LogP contribution in [-0.4, -0.2) is 30.2 Å². The molecule has 5 nitrogen and oxygen atoms in total. The van der Waals surface area contributed by atoms with Crippen LogP contribution < -0.4 is 10.6 Å². The minimum atomic E-state index is -0.852. The highest BCUT2D eigenvalue weighted by atomic mass is 16.4. The Balaban J connectivity index is 2.37. The van der Waals surface area contributed by atoms with Gasteiger partial charge in [0.05, 0.1) is 5.41 Å². The lowest BCUT2D eigenvalue weighted by Crippen LogP contribution is -2.47. The zero-order valence-electron chi connectivity index (χ0n) is 13.6. The van der Waals surface area contributed by atoms with Gasteiger partial charge in [-0.1, -0.05) is 40.0 Å². The number of carboxylic acids is 1. The Morgan fingerprint density at radius 2 is 1.76 bits per heavy atom. The van der Waals surface area contributed by atoms with Gasteiger partial charge in [-0.15, -0.1) is 0 Å². The fourth-order valence-electron chi connectivity index (χ4n) is 3.11. The number of carbonyl (C=O) groups is 2. The Morgan fingerprint density at radius 3 is 2.29 bits per heavy atom. The Morgan fingerprint density at radius 1 is 1.14 bits per heavy atom. The molecular formula is C16H30N2O3. The monoisotopic (exact) mass is 298 g/mol. The molecule has 122 valence electrons. The summed E-state index contributed by atoms with van der Waals surface area (Å²) >= 11 is 0. The number of carbonyl (C=O) groups excluding carboxylic acids is 1. The molecule has 2 amide bonds. The van der Waals surface area contributed by atoms with E-state index < -0.39 is 11.4 Å². The van der Waals surface area contributed by atoms with Gasteiger partial charge in [-0.3, -0.25) is 4.79 Å². The Hall–Kier alpha value is -1.26. The van der Waals surface area contributed by atoms with Crippen molar-refractivity contribution in [2.45, 2.75) is 59.3 Å². The molecule has 1 saturated carbocycles. The van der Waals surface area contributed by atoms with Gasteiger partial charge in [0.2, 0.25) is 0 Å². The molecular weight excluding hydrogens is 268 g/mol. The predicted molar refractivity (Wildman–Crippen MR) is 83.2 cm³/mol. The van der Waals surface area contributed by atoms with Gasteiger partial charge in [0.25, 0.3) is 0 Å². The lowest BCUT2D eigenvalue weighted by Gasteiger charge is -2.29. The normalized spacial score (nSPS) is 22.6. The molecule has 0 aromatic heterocycles. The Kier molecular flexibility index (Phi) is 6.99. The number of carboxylic acid groups (broad SMARTS) is 1. The third kappa shape index (κ3) is 4.90. The van der Waals surface area contributed by atoms with E-state index in [1.807, 2.05) is 13.8 Å². The van der Waals surface area contributed by atoms with Crippen LogP contribution in [-0.2, 0) is 4.79 Å². The van der Waals surface area contributed by atoms with Crippen molar-refractivity contribution in [1.82, 2.24) is 10.6 Å². The first kappa shape index (κ1) is 17.8. The van der Waals surface area contributed by atoms with Gasteiger partial charge in [-0.2, -0.15) is 0 Å². The first-order valence-corrected chi connectivity index (χ1v) is 8.20. The average molecular weight is 298 g/mol. The van der Waals surface area contributed by atoms with Crippen LogP contribution in [0.2, 0.25) is 0 Å². The number of rotatable bonds is 7. The van der Waals surface area contributed by atoms with E-state index in [0.717, 1.165) is 0 Å². The predicted octanol–water partition coefficient (Wildman–Crippen LogP) is 3.00. The van der Waals surface area contributed by atoms with E-state index in [1.165, 1.54) is 25.7 Å². The van der Waals surface area contributed by atoms with Gasteiger partial charge in [0.1, 0.15) is 0 Å². The fraction of sp³-hybridized carbons (Fsp3) is 0.875. The second kappa shape index (κ2) is 8.25. The van der Waals surface area contributed by atoms with E-state index in [0.29, 0.717) is 31.2 Å². The van der Waals surface area contributed by atoms with Crippen molar-refractivity contribution >= 4 is 12.0 Å². The second-order valence-corrected chi connectivity index (χ2v) is 6.38. The van der Waals surface area contributed by atoms with Gasteiger partial charge < -0.3 is 15.7 Å². The van der Waals surface area contributed by atoms with Crippen molar-refractivity contribution in [3.05, 3.63) is 0 Å². The molecule has 0 saturated heterocycles. The molecule has 5 heteroatoms. The molecule has 0 aromatic carbocycles. The van der Waals surface area contributed by atoms with Crippen molar-refractivity contribution in [3.8, 4) is 0 Å². The molecule has 1 aliphatic rings. The van der Waals surface area contributed by atoms with Crippen LogP contribution in [0.15, 0.2) is 0 Å². The number of urea groups is 1. The largest absolute Gasteiger partial charge is 0.481 e. The van der Waals surface area contributed by atoms with Gasteiger partial charge in [0.15, 0.2) is 0 Å². The SMILES string of the molecule is CCC(CC)(CNC(=O)NCC1CCCCC1C)C(=O)O. The number of aliphatic carboxylic acids is 1. The maximum absolute atomic E-state index is 11.9. The molecule has 2 unspecified atom stereocenters. The zero-order chi connectivity index (χ0) is 15.9. The Bertz CT molecular complexity index is 353. The highest BCUT2D eigenvalue weighted by Gasteiger charge is 2.35. The summed E-state index contributed by atoms with van der Waals surface area (Å²) in [5.74, 6) is 0.364. The highest BCUT2D eigenvalue weighted by molar-refractivity contribution is 5.78. The molecule has 0 radical (unpaired) electrons. The van der Waals surface area contributed by atoms with Crippen LogP contribution in [0.25, 0.3) is 0 Å². The molecule has 0 aliphatic heterocycles. The first-order valence-electron chi connectivity index (χ1n) is 8.20. The summed E-state index contributed by atoms with van der Waals surface area (Å²) in [6, 6.07) is -0.250. The molecule has 21 heavy (non-hydrogen) atoms. The number of amides is 2. The first-order chi connectivity index (χ1) is 9.95. The summed E-state index contributed by atoms with van der Waals surface area (Å²) in [6.45, 7) is 6.81. The minimum Gasteiger partial charge on any atom is -0.481 e. The molecule has 1 fully saturated rings. The standard InChI is InChI=1S/C16H30N2O3/c1-4-16(5-2,14(19)20)11-18-15(21)17-10-13-9-7-6-8-12(13)3/h12-13H,4-11H2,1-3H3,(H,19,20)(H2,17,18,21). The number of hydrogen-bond acceptors (Lipinski definition) is 2. The van der Waals surface area contributed by atoms with Crippen LogP contribution >= 0.6 is 0 Å². The van der Waals surface area contributed by atoms with Crippen molar-refractivity contribution in [3.63, 3.8) is 0 Å². The van der Waals surface area contributed by atoms with Crippen molar-refractivity contribution < 1.29 is 14.7 Å². The molecule has 0 heterocycles. The number of hydrogen-bond donors (Lipinski definition) is 3. The fourth-order valence-corrected chi connectivity index (χ4v) is 3.11. The molecule has 2 atom stereocenters. The lowest BCUT2D eigenvalue weighted by molar-refractivity contribution is -0.149. The van der Waals surface area contributed by atoms with Crippen LogP contribution in [0.1, 0.15) is 59.3 Å². The molecule has 0 spiro atoms. The van der Waals surface area contributed by atoms with Crippen LogP contribution in [0.3, 0.4) is 0 Å². The maximum atomic E-state index is 11.9.